The van der Waals surface area contributed by atoms with Gasteiger partial charge in [-0.2, -0.15) is 0 Å². The molecule has 0 N–H and O–H groups in total. The van der Waals surface area contributed by atoms with Gasteiger partial charge in [0.1, 0.15) is 0 Å². The summed E-state index contributed by atoms with van der Waals surface area (Å²) in [5.41, 5.74) is 0. The van der Waals surface area contributed by atoms with Crippen LogP contribution in [0.3, 0.4) is 0 Å². The number of likely N-dealkylation sites (tertiary alicyclic amines) is 1. The van der Waals surface area contributed by atoms with Crippen molar-refractivity contribution in [2.75, 3.05) is 13.1 Å². The molecule has 0 amide bonds. The van der Waals surface area contributed by atoms with E-state index in [1.807, 2.05) is 10.9 Å². The Bertz CT molecular complexity index is 251. The number of rotatable bonds is 3. The quantitative estimate of drug-likeness (QED) is 0.694. The minimum atomic E-state index is 0.552. The predicted molar refractivity (Wildman–Crippen MR) is 50.4 cm³/mol. The molecule has 1 atom stereocenters. The molecule has 1 aromatic heterocycles. The van der Waals surface area contributed by atoms with E-state index >= 15 is 0 Å². The van der Waals surface area contributed by atoms with Gasteiger partial charge in [-0.15, -0.1) is 5.10 Å². The van der Waals surface area contributed by atoms with E-state index in [4.69, 9.17) is 0 Å². The molecule has 0 aromatic carbocycles. The van der Waals surface area contributed by atoms with Crippen LogP contribution in [0.2, 0.25) is 0 Å². The molecule has 4 heteroatoms. The lowest BCUT2D eigenvalue weighted by Crippen LogP contribution is -2.51. The van der Waals surface area contributed by atoms with E-state index in [2.05, 4.69) is 29.1 Å². The van der Waals surface area contributed by atoms with Crippen LogP contribution in [0.1, 0.15) is 26.3 Å². The summed E-state index contributed by atoms with van der Waals surface area (Å²) in [6.07, 6.45) is 4.91. The summed E-state index contributed by atoms with van der Waals surface area (Å²) in [7, 11) is 0. The fourth-order valence-corrected chi connectivity index (χ4v) is 1.69. The lowest BCUT2D eigenvalue weighted by Gasteiger charge is -2.42. The van der Waals surface area contributed by atoms with Crippen molar-refractivity contribution < 1.29 is 0 Å². The van der Waals surface area contributed by atoms with Crippen LogP contribution in [0, 0.1) is 0 Å². The Hall–Kier alpha value is -0.900. The zero-order valence-corrected chi connectivity index (χ0v) is 8.22. The van der Waals surface area contributed by atoms with Gasteiger partial charge in [-0.3, -0.25) is 4.90 Å². The molecule has 0 spiro atoms. The summed E-state index contributed by atoms with van der Waals surface area (Å²) in [5, 5.41) is 7.81. The van der Waals surface area contributed by atoms with Crippen molar-refractivity contribution in [3.05, 3.63) is 12.4 Å². The maximum atomic E-state index is 4.00. The molecule has 1 saturated heterocycles. The minimum absolute atomic E-state index is 0.552. The number of nitrogens with zero attached hydrogens (tertiary/aromatic N) is 4. The molecule has 4 nitrogen and oxygen atoms in total. The Labute approximate surface area is 78.5 Å². The van der Waals surface area contributed by atoms with Gasteiger partial charge in [-0.25, -0.2) is 4.68 Å². The van der Waals surface area contributed by atoms with E-state index in [1.165, 1.54) is 6.42 Å². The number of hydrogen-bond donors (Lipinski definition) is 0. The smallest absolute Gasteiger partial charge is 0.0790 e. The second-order valence-corrected chi connectivity index (χ2v) is 3.75. The first-order valence-corrected chi connectivity index (χ1v) is 4.91. The zero-order valence-electron chi connectivity index (χ0n) is 8.22. The normalized spacial score (nSPS) is 21.4. The van der Waals surface area contributed by atoms with E-state index in [9.17, 15) is 0 Å². The molecule has 72 valence electrons. The van der Waals surface area contributed by atoms with E-state index in [1.54, 1.807) is 6.20 Å². The molecule has 1 aromatic rings. The molecule has 1 aliphatic rings. The van der Waals surface area contributed by atoms with Crippen molar-refractivity contribution in [2.24, 2.45) is 0 Å². The Kier molecular flexibility index (Phi) is 2.31. The van der Waals surface area contributed by atoms with Crippen molar-refractivity contribution in [1.82, 2.24) is 19.9 Å². The standard InChI is InChI=1S/C9H16N4/c1-3-8(2)12-6-9(7-12)13-5-4-10-11-13/h4-5,8-9H,3,6-7H2,1-2H3. The average molecular weight is 180 g/mol. The average Bonchev–Trinajstić information content (AvgIpc) is 2.54. The van der Waals surface area contributed by atoms with Gasteiger partial charge in [-0.1, -0.05) is 12.1 Å². The largest absolute Gasteiger partial charge is 0.296 e. The van der Waals surface area contributed by atoms with Gasteiger partial charge in [0.25, 0.3) is 0 Å². The maximum Gasteiger partial charge on any atom is 0.0790 e. The molecule has 0 bridgehead atoms. The third-order valence-electron chi connectivity index (χ3n) is 2.92. The maximum absolute atomic E-state index is 4.00. The highest BCUT2D eigenvalue weighted by molar-refractivity contribution is 4.87. The van der Waals surface area contributed by atoms with Gasteiger partial charge in [0.15, 0.2) is 0 Å². The first-order valence-electron chi connectivity index (χ1n) is 4.91. The topological polar surface area (TPSA) is 34.0 Å². The molecule has 0 radical (unpaired) electrons. The lowest BCUT2D eigenvalue weighted by molar-refractivity contribution is 0.0575. The third-order valence-corrected chi connectivity index (χ3v) is 2.92. The number of hydrogen-bond acceptors (Lipinski definition) is 3. The van der Waals surface area contributed by atoms with Gasteiger partial charge >= 0.3 is 0 Å². The van der Waals surface area contributed by atoms with E-state index in [0.717, 1.165) is 13.1 Å². The molecule has 1 aliphatic heterocycles. The van der Waals surface area contributed by atoms with Crippen LogP contribution in [-0.4, -0.2) is 39.0 Å². The highest BCUT2D eigenvalue weighted by atomic mass is 15.5. The first-order chi connectivity index (χ1) is 6.31. The van der Waals surface area contributed by atoms with Crippen LogP contribution >= 0.6 is 0 Å². The second kappa shape index (κ2) is 3.46. The number of aromatic nitrogens is 3. The second-order valence-electron chi connectivity index (χ2n) is 3.75. The van der Waals surface area contributed by atoms with Crippen LogP contribution in [0.5, 0.6) is 0 Å². The van der Waals surface area contributed by atoms with E-state index in [-0.39, 0.29) is 0 Å². The van der Waals surface area contributed by atoms with Gasteiger partial charge < -0.3 is 0 Å². The molecule has 0 saturated carbocycles. The summed E-state index contributed by atoms with van der Waals surface area (Å²) < 4.78 is 1.96. The Morgan fingerprint density at radius 3 is 2.85 bits per heavy atom. The van der Waals surface area contributed by atoms with E-state index in [0.29, 0.717) is 12.1 Å². The van der Waals surface area contributed by atoms with Crippen molar-refractivity contribution in [3.8, 4) is 0 Å². The molecule has 1 fully saturated rings. The Morgan fingerprint density at radius 2 is 2.31 bits per heavy atom. The zero-order chi connectivity index (χ0) is 9.26. The van der Waals surface area contributed by atoms with Crippen LogP contribution in [0.4, 0.5) is 0 Å². The van der Waals surface area contributed by atoms with E-state index < -0.39 is 0 Å². The summed E-state index contributed by atoms with van der Waals surface area (Å²) in [6, 6.07) is 1.26. The molecule has 2 rings (SSSR count). The SMILES string of the molecule is CCC(C)N1CC(n2ccnn2)C1. The lowest BCUT2D eigenvalue weighted by atomic mass is 10.1. The van der Waals surface area contributed by atoms with Crippen LogP contribution in [-0.2, 0) is 0 Å². The first kappa shape index (κ1) is 8.69. The fourth-order valence-electron chi connectivity index (χ4n) is 1.69. The van der Waals surface area contributed by atoms with Crippen LogP contribution in [0.15, 0.2) is 12.4 Å². The predicted octanol–water partition coefficient (Wildman–Crippen LogP) is 0.933. The van der Waals surface area contributed by atoms with Gasteiger partial charge in [0.05, 0.1) is 12.2 Å². The van der Waals surface area contributed by atoms with Crippen molar-refractivity contribution >= 4 is 0 Å². The van der Waals surface area contributed by atoms with Crippen LogP contribution < -0.4 is 0 Å². The fraction of sp³-hybridized carbons (Fsp3) is 0.778. The van der Waals surface area contributed by atoms with Gasteiger partial charge in [0.2, 0.25) is 0 Å². The molecule has 0 aliphatic carbocycles. The summed E-state index contributed by atoms with van der Waals surface area (Å²) in [4.78, 5) is 2.48. The molecular weight excluding hydrogens is 164 g/mol. The highest BCUT2D eigenvalue weighted by Crippen LogP contribution is 2.22. The Morgan fingerprint density at radius 1 is 1.54 bits per heavy atom. The van der Waals surface area contributed by atoms with Gasteiger partial charge in [-0.05, 0) is 13.3 Å². The van der Waals surface area contributed by atoms with Crippen molar-refractivity contribution in [2.45, 2.75) is 32.4 Å². The molecule has 1 unspecified atom stereocenters. The van der Waals surface area contributed by atoms with Crippen LogP contribution in [0.25, 0.3) is 0 Å². The highest BCUT2D eigenvalue weighted by Gasteiger charge is 2.30. The minimum Gasteiger partial charge on any atom is -0.296 e. The summed E-state index contributed by atoms with van der Waals surface area (Å²) in [5.74, 6) is 0. The Balaban J connectivity index is 1.85. The summed E-state index contributed by atoms with van der Waals surface area (Å²) >= 11 is 0. The third kappa shape index (κ3) is 1.58. The molecule has 13 heavy (non-hydrogen) atoms. The van der Waals surface area contributed by atoms with Gasteiger partial charge in [0, 0.05) is 25.3 Å². The van der Waals surface area contributed by atoms with Crippen molar-refractivity contribution in [1.29, 1.82) is 0 Å². The van der Waals surface area contributed by atoms with Crippen molar-refractivity contribution in [3.63, 3.8) is 0 Å². The molecule has 2 heterocycles. The summed E-state index contributed by atoms with van der Waals surface area (Å²) in [6.45, 7) is 6.75. The molecular formula is C9H16N4. The monoisotopic (exact) mass is 180 g/mol.